The Balaban J connectivity index is 2.29. The normalized spacial score (nSPS) is 27.1. The van der Waals surface area contributed by atoms with Crippen LogP contribution in [0.3, 0.4) is 0 Å². The summed E-state index contributed by atoms with van der Waals surface area (Å²) in [6.45, 7) is 6.87. The van der Waals surface area contributed by atoms with Crippen LogP contribution in [0.15, 0.2) is 0 Å². The maximum atomic E-state index is 11.8. The summed E-state index contributed by atoms with van der Waals surface area (Å²) in [5.74, 6) is 0.332. The van der Waals surface area contributed by atoms with Crippen LogP contribution in [0.1, 0.15) is 40.0 Å². The van der Waals surface area contributed by atoms with Gasteiger partial charge in [-0.1, -0.05) is 13.8 Å². The Hall–Kier alpha value is -0.610. The van der Waals surface area contributed by atoms with E-state index in [1.165, 1.54) is 0 Å². The third-order valence-electron chi connectivity index (χ3n) is 2.94. The quantitative estimate of drug-likeness (QED) is 0.741. The summed E-state index contributed by atoms with van der Waals surface area (Å²) < 4.78 is 5.42. The number of aliphatic hydroxyl groups excluding tert-OH is 1. The van der Waals surface area contributed by atoms with Gasteiger partial charge in [-0.25, -0.2) is 0 Å². The van der Waals surface area contributed by atoms with Crippen molar-refractivity contribution in [2.24, 2.45) is 5.92 Å². The van der Waals surface area contributed by atoms with Crippen molar-refractivity contribution in [3.05, 3.63) is 0 Å². The van der Waals surface area contributed by atoms with E-state index >= 15 is 0 Å². The lowest BCUT2D eigenvalue weighted by atomic mass is 10.0. The SMILES string of the molecule is CC(C)CC(O)CNC(=O)C1(C)CCCO1. The summed E-state index contributed by atoms with van der Waals surface area (Å²) >= 11 is 0. The maximum absolute atomic E-state index is 11.8. The second-order valence-electron chi connectivity index (χ2n) is 5.18. The summed E-state index contributed by atoms with van der Waals surface area (Å²) in [6, 6.07) is 0. The van der Waals surface area contributed by atoms with Crippen molar-refractivity contribution in [2.75, 3.05) is 13.2 Å². The fourth-order valence-corrected chi connectivity index (χ4v) is 1.98. The molecule has 0 spiro atoms. The molecule has 1 aliphatic rings. The lowest BCUT2D eigenvalue weighted by molar-refractivity contribution is -0.140. The molecule has 1 fully saturated rings. The third kappa shape index (κ3) is 3.76. The number of carbonyl (C=O) groups is 1. The van der Waals surface area contributed by atoms with E-state index in [4.69, 9.17) is 4.74 Å². The van der Waals surface area contributed by atoms with Gasteiger partial charge in [0.15, 0.2) is 0 Å². The van der Waals surface area contributed by atoms with Crippen LogP contribution in [0.4, 0.5) is 0 Å². The van der Waals surface area contributed by atoms with Crippen LogP contribution in [0.25, 0.3) is 0 Å². The van der Waals surface area contributed by atoms with Crippen LogP contribution >= 0.6 is 0 Å². The molecule has 2 N–H and O–H groups in total. The van der Waals surface area contributed by atoms with Gasteiger partial charge in [-0.15, -0.1) is 0 Å². The predicted octanol–water partition coefficient (Wildman–Crippen LogP) is 1.08. The number of aliphatic hydroxyl groups is 1. The van der Waals surface area contributed by atoms with Crippen molar-refractivity contribution in [1.29, 1.82) is 0 Å². The molecule has 1 saturated heterocycles. The Morgan fingerprint density at radius 1 is 1.56 bits per heavy atom. The zero-order valence-electron chi connectivity index (χ0n) is 10.5. The van der Waals surface area contributed by atoms with Crippen molar-refractivity contribution >= 4 is 5.91 Å². The monoisotopic (exact) mass is 229 g/mol. The number of hydrogen-bond acceptors (Lipinski definition) is 3. The maximum Gasteiger partial charge on any atom is 0.252 e. The van der Waals surface area contributed by atoms with Gasteiger partial charge in [-0.05, 0) is 32.1 Å². The van der Waals surface area contributed by atoms with E-state index in [0.29, 0.717) is 25.5 Å². The predicted molar refractivity (Wildman–Crippen MR) is 62.1 cm³/mol. The number of carbonyl (C=O) groups excluding carboxylic acids is 1. The molecule has 0 radical (unpaired) electrons. The van der Waals surface area contributed by atoms with E-state index < -0.39 is 11.7 Å². The summed E-state index contributed by atoms with van der Waals surface area (Å²) in [4.78, 5) is 11.8. The van der Waals surface area contributed by atoms with Gasteiger partial charge in [0.25, 0.3) is 5.91 Å². The minimum Gasteiger partial charge on any atom is -0.391 e. The van der Waals surface area contributed by atoms with E-state index in [-0.39, 0.29) is 5.91 Å². The lowest BCUT2D eigenvalue weighted by Crippen LogP contribution is -2.46. The molecule has 94 valence electrons. The zero-order chi connectivity index (χ0) is 12.2. The van der Waals surface area contributed by atoms with Crippen LogP contribution in [-0.4, -0.2) is 35.9 Å². The van der Waals surface area contributed by atoms with Crippen LogP contribution < -0.4 is 5.32 Å². The molecule has 0 aromatic rings. The Labute approximate surface area is 97.4 Å². The highest BCUT2D eigenvalue weighted by Gasteiger charge is 2.37. The molecule has 1 aliphatic heterocycles. The van der Waals surface area contributed by atoms with Crippen LogP contribution in [0.5, 0.6) is 0 Å². The smallest absolute Gasteiger partial charge is 0.252 e. The lowest BCUT2D eigenvalue weighted by Gasteiger charge is -2.23. The average Bonchev–Trinajstić information content (AvgIpc) is 2.62. The highest BCUT2D eigenvalue weighted by molar-refractivity contribution is 5.85. The molecule has 2 atom stereocenters. The first kappa shape index (κ1) is 13.5. The molecule has 4 nitrogen and oxygen atoms in total. The van der Waals surface area contributed by atoms with E-state index in [2.05, 4.69) is 5.32 Å². The fraction of sp³-hybridized carbons (Fsp3) is 0.917. The molecular weight excluding hydrogens is 206 g/mol. The minimum absolute atomic E-state index is 0.104. The first-order valence-corrected chi connectivity index (χ1v) is 6.04. The number of rotatable bonds is 5. The van der Waals surface area contributed by atoms with Gasteiger partial charge in [0, 0.05) is 13.2 Å². The summed E-state index contributed by atoms with van der Waals surface area (Å²) in [5.41, 5.74) is -0.683. The number of hydrogen-bond donors (Lipinski definition) is 2. The Bertz CT molecular complexity index is 234. The molecule has 16 heavy (non-hydrogen) atoms. The van der Waals surface area contributed by atoms with Crippen molar-refractivity contribution in [3.8, 4) is 0 Å². The first-order valence-electron chi connectivity index (χ1n) is 6.04. The van der Waals surface area contributed by atoms with Crippen molar-refractivity contribution < 1.29 is 14.6 Å². The van der Waals surface area contributed by atoms with Crippen LogP contribution in [-0.2, 0) is 9.53 Å². The van der Waals surface area contributed by atoms with Gasteiger partial charge in [-0.3, -0.25) is 4.79 Å². The van der Waals surface area contributed by atoms with Crippen LogP contribution in [0.2, 0.25) is 0 Å². The number of amides is 1. The molecule has 4 heteroatoms. The molecule has 0 aromatic heterocycles. The van der Waals surface area contributed by atoms with Gasteiger partial charge in [0.2, 0.25) is 0 Å². The highest BCUT2D eigenvalue weighted by atomic mass is 16.5. The van der Waals surface area contributed by atoms with Gasteiger partial charge >= 0.3 is 0 Å². The van der Waals surface area contributed by atoms with E-state index in [1.807, 2.05) is 20.8 Å². The molecule has 1 amide bonds. The standard InChI is InChI=1S/C12H23NO3/c1-9(2)7-10(14)8-13-11(15)12(3)5-4-6-16-12/h9-10,14H,4-8H2,1-3H3,(H,13,15). The summed E-state index contributed by atoms with van der Waals surface area (Å²) in [7, 11) is 0. The first-order chi connectivity index (χ1) is 7.44. The molecule has 2 unspecified atom stereocenters. The van der Waals surface area contributed by atoms with Gasteiger partial charge in [0.05, 0.1) is 6.10 Å². The molecule has 1 heterocycles. The molecule has 0 aliphatic carbocycles. The topological polar surface area (TPSA) is 58.6 Å². The second-order valence-corrected chi connectivity index (χ2v) is 5.18. The molecular formula is C12H23NO3. The molecule has 0 bridgehead atoms. The number of ether oxygens (including phenoxy) is 1. The second kappa shape index (κ2) is 5.64. The Morgan fingerprint density at radius 3 is 2.75 bits per heavy atom. The van der Waals surface area contributed by atoms with Crippen molar-refractivity contribution in [1.82, 2.24) is 5.32 Å². The van der Waals surface area contributed by atoms with E-state index in [0.717, 1.165) is 12.8 Å². The molecule has 0 aromatic carbocycles. The Kier molecular flexibility index (Phi) is 4.74. The average molecular weight is 229 g/mol. The Morgan fingerprint density at radius 2 is 2.25 bits per heavy atom. The van der Waals surface area contributed by atoms with Crippen molar-refractivity contribution in [2.45, 2.75) is 51.7 Å². The molecule has 1 rings (SSSR count). The largest absolute Gasteiger partial charge is 0.391 e. The molecule has 0 saturated carbocycles. The summed E-state index contributed by atoms with van der Waals surface area (Å²) in [5, 5.41) is 12.4. The minimum atomic E-state index is -0.683. The van der Waals surface area contributed by atoms with Crippen molar-refractivity contribution in [3.63, 3.8) is 0 Å². The fourth-order valence-electron chi connectivity index (χ4n) is 1.98. The van der Waals surface area contributed by atoms with Gasteiger partial charge in [0.1, 0.15) is 5.60 Å². The zero-order valence-corrected chi connectivity index (χ0v) is 10.5. The summed E-state index contributed by atoms with van der Waals surface area (Å²) in [6.07, 6.45) is 1.93. The van der Waals surface area contributed by atoms with E-state index in [1.54, 1.807) is 0 Å². The van der Waals surface area contributed by atoms with Crippen LogP contribution in [0, 0.1) is 5.92 Å². The highest BCUT2D eigenvalue weighted by Crippen LogP contribution is 2.24. The van der Waals surface area contributed by atoms with E-state index in [9.17, 15) is 9.90 Å². The third-order valence-corrected chi connectivity index (χ3v) is 2.94. The van der Waals surface area contributed by atoms with Gasteiger partial charge in [-0.2, -0.15) is 0 Å². The number of nitrogens with one attached hydrogen (secondary N) is 1. The van der Waals surface area contributed by atoms with Gasteiger partial charge < -0.3 is 15.2 Å².